The van der Waals surface area contributed by atoms with Crippen LogP contribution < -0.4 is 10.6 Å². The van der Waals surface area contributed by atoms with E-state index < -0.39 is 5.97 Å². The minimum atomic E-state index is -0.834. The average Bonchev–Trinajstić information content (AvgIpc) is 2.95. The lowest BCUT2D eigenvalue weighted by Gasteiger charge is -2.21. The number of carbonyl (C=O) groups is 2. The molecular weight excluding hydrogens is 428 g/mol. The van der Waals surface area contributed by atoms with Crippen LogP contribution in [0.15, 0.2) is 30.3 Å². The molecule has 0 saturated heterocycles. The second kappa shape index (κ2) is 10.2. The maximum atomic E-state index is 12.8. The molecule has 0 bridgehead atoms. The van der Waals surface area contributed by atoms with E-state index in [9.17, 15) is 14.7 Å². The first-order chi connectivity index (χ1) is 15.5. The molecule has 3 N–H and O–H groups in total. The zero-order valence-corrected chi connectivity index (χ0v) is 18.8. The number of hydrogen-bond donors (Lipinski definition) is 3. The van der Waals surface area contributed by atoms with E-state index in [1.807, 2.05) is 12.1 Å². The number of aromatic nitrogens is 1. The summed E-state index contributed by atoms with van der Waals surface area (Å²) in [6, 6.07) is 9.61. The molecule has 0 fully saturated rings. The van der Waals surface area contributed by atoms with Gasteiger partial charge in [-0.15, -0.1) is 0 Å². The number of hydrogen-bond acceptors (Lipinski definition) is 4. The summed E-state index contributed by atoms with van der Waals surface area (Å²) in [6.45, 7) is 2.46. The Kier molecular flexibility index (Phi) is 7.15. The van der Waals surface area contributed by atoms with Gasteiger partial charge in [-0.25, -0.2) is 9.78 Å². The van der Waals surface area contributed by atoms with Crippen LogP contribution in [0.25, 0.3) is 0 Å². The summed E-state index contributed by atoms with van der Waals surface area (Å²) in [5, 5.41) is 16.2. The number of nitrogens with zero attached hydrogens (tertiary/aromatic N) is 2. The lowest BCUT2D eigenvalue weighted by atomic mass is 9.90. The van der Waals surface area contributed by atoms with Gasteiger partial charge in [0.05, 0.1) is 6.42 Å². The predicted molar refractivity (Wildman–Crippen MR) is 124 cm³/mol. The van der Waals surface area contributed by atoms with Gasteiger partial charge in [0.1, 0.15) is 5.82 Å². The molecule has 1 aromatic heterocycles. The van der Waals surface area contributed by atoms with Crippen molar-refractivity contribution in [3.63, 3.8) is 0 Å². The van der Waals surface area contributed by atoms with Crippen LogP contribution in [0.5, 0.6) is 0 Å². The molecule has 1 unspecified atom stereocenters. The van der Waals surface area contributed by atoms with Gasteiger partial charge >= 0.3 is 12.0 Å². The smallest absolute Gasteiger partial charge is 0.317 e. The van der Waals surface area contributed by atoms with E-state index in [1.54, 1.807) is 11.0 Å². The monoisotopic (exact) mass is 456 g/mol. The molecule has 0 spiro atoms. The number of aliphatic carboxylic acids is 1. The number of benzene rings is 1. The van der Waals surface area contributed by atoms with E-state index in [4.69, 9.17) is 16.6 Å². The fraction of sp³-hybridized carbons (Fsp3) is 0.458. The highest BCUT2D eigenvalue weighted by atomic mass is 35.5. The van der Waals surface area contributed by atoms with E-state index in [0.29, 0.717) is 31.1 Å². The second-order valence-electron chi connectivity index (χ2n) is 8.52. The Morgan fingerprint density at radius 2 is 2.12 bits per heavy atom. The molecule has 2 aliphatic heterocycles. The number of anilines is 1. The summed E-state index contributed by atoms with van der Waals surface area (Å²) in [6.07, 6.45) is 4.48. The van der Waals surface area contributed by atoms with Crippen LogP contribution in [0.4, 0.5) is 10.6 Å². The predicted octanol–water partition coefficient (Wildman–Crippen LogP) is 4.20. The third-order valence-corrected chi connectivity index (χ3v) is 6.43. The summed E-state index contributed by atoms with van der Waals surface area (Å²) >= 11 is 6.17. The van der Waals surface area contributed by atoms with Gasteiger partial charge in [-0.3, -0.25) is 4.79 Å². The van der Waals surface area contributed by atoms with Crippen molar-refractivity contribution in [1.82, 2.24) is 15.2 Å². The van der Waals surface area contributed by atoms with Crippen molar-refractivity contribution in [2.24, 2.45) is 0 Å². The van der Waals surface area contributed by atoms with Crippen LogP contribution >= 0.6 is 11.6 Å². The number of halogens is 1. The Bertz CT molecular complexity index is 997. The molecule has 0 aliphatic carbocycles. The minimum absolute atomic E-state index is 0.0483. The third kappa shape index (κ3) is 5.51. The quantitative estimate of drug-likeness (QED) is 0.566. The van der Waals surface area contributed by atoms with Crippen LogP contribution in [0.2, 0.25) is 5.02 Å². The zero-order chi connectivity index (χ0) is 22.5. The fourth-order valence-electron chi connectivity index (χ4n) is 4.54. The van der Waals surface area contributed by atoms with Crippen LogP contribution in [0.3, 0.4) is 0 Å². The standard InChI is InChI=1S/C24H29ClN4O3/c25-19-6-8-21-17(14-22(30)31)9-12-29(15-18(21)13-19)24(32)27-11-2-4-20-7-5-16-3-1-10-26-23(16)28-20/h5-8,13,17H,1-4,9-12,14-15H2,(H,26,28)(H,27,32)(H,30,31). The molecule has 4 rings (SSSR count). The van der Waals surface area contributed by atoms with Gasteiger partial charge in [0.15, 0.2) is 0 Å². The summed E-state index contributed by atoms with van der Waals surface area (Å²) in [5.74, 6) is 0.0386. The number of aryl methyl sites for hydroxylation is 2. The number of fused-ring (bicyclic) bond motifs is 2. The Morgan fingerprint density at radius 3 is 2.97 bits per heavy atom. The number of carbonyl (C=O) groups excluding carboxylic acids is 1. The number of carboxylic acids is 1. The van der Waals surface area contributed by atoms with Crippen molar-refractivity contribution in [1.29, 1.82) is 0 Å². The average molecular weight is 457 g/mol. The molecule has 2 amide bonds. The molecule has 2 aromatic rings. The largest absolute Gasteiger partial charge is 0.481 e. The highest BCUT2D eigenvalue weighted by molar-refractivity contribution is 6.30. The van der Waals surface area contributed by atoms with E-state index in [0.717, 1.165) is 54.9 Å². The van der Waals surface area contributed by atoms with Gasteiger partial charge in [-0.1, -0.05) is 23.7 Å². The first-order valence-electron chi connectivity index (χ1n) is 11.2. The van der Waals surface area contributed by atoms with Gasteiger partial charge in [0.2, 0.25) is 0 Å². The summed E-state index contributed by atoms with van der Waals surface area (Å²) in [7, 11) is 0. The van der Waals surface area contributed by atoms with E-state index >= 15 is 0 Å². The van der Waals surface area contributed by atoms with E-state index in [-0.39, 0.29) is 18.4 Å². The SMILES string of the molecule is O=C(O)CC1CCN(C(=O)NCCCc2ccc3c(n2)NCCC3)Cc2cc(Cl)ccc21. The van der Waals surface area contributed by atoms with Gasteiger partial charge in [0.25, 0.3) is 0 Å². The first-order valence-corrected chi connectivity index (χ1v) is 11.6. The van der Waals surface area contributed by atoms with Gasteiger partial charge in [-0.2, -0.15) is 0 Å². The van der Waals surface area contributed by atoms with Crippen molar-refractivity contribution < 1.29 is 14.7 Å². The van der Waals surface area contributed by atoms with Crippen molar-refractivity contribution in [3.8, 4) is 0 Å². The fourth-order valence-corrected chi connectivity index (χ4v) is 4.74. The Labute approximate surface area is 193 Å². The highest BCUT2D eigenvalue weighted by Crippen LogP contribution is 2.32. The van der Waals surface area contributed by atoms with Crippen LogP contribution in [0.1, 0.15) is 54.0 Å². The number of amides is 2. The van der Waals surface area contributed by atoms with Gasteiger partial charge in [-0.05, 0) is 72.9 Å². The lowest BCUT2D eigenvalue weighted by molar-refractivity contribution is -0.137. The highest BCUT2D eigenvalue weighted by Gasteiger charge is 2.26. The summed E-state index contributed by atoms with van der Waals surface area (Å²) < 4.78 is 0. The number of pyridine rings is 1. The molecule has 0 radical (unpaired) electrons. The molecule has 2 aliphatic rings. The summed E-state index contributed by atoms with van der Waals surface area (Å²) in [4.78, 5) is 30.6. The molecule has 3 heterocycles. The second-order valence-corrected chi connectivity index (χ2v) is 8.96. The molecule has 8 heteroatoms. The molecule has 7 nitrogen and oxygen atoms in total. The molecule has 1 aromatic carbocycles. The van der Waals surface area contributed by atoms with Crippen molar-refractivity contribution in [2.45, 2.75) is 51.0 Å². The first kappa shape index (κ1) is 22.4. The van der Waals surface area contributed by atoms with E-state index in [1.165, 1.54) is 5.56 Å². The molecule has 32 heavy (non-hydrogen) atoms. The minimum Gasteiger partial charge on any atom is -0.481 e. The summed E-state index contributed by atoms with van der Waals surface area (Å²) in [5.41, 5.74) is 4.19. The maximum Gasteiger partial charge on any atom is 0.317 e. The molecular formula is C24H29ClN4O3. The van der Waals surface area contributed by atoms with Crippen molar-refractivity contribution >= 4 is 29.4 Å². The molecule has 0 saturated carbocycles. The number of urea groups is 1. The van der Waals surface area contributed by atoms with Gasteiger partial charge < -0.3 is 20.6 Å². The van der Waals surface area contributed by atoms with Gasteiger partial charge in [0, 0.05) is 36.9 Å². The number of carboxylic acid groups (broad SMARTS) is 1. The van der Waals surface area contributed by atoms with E-state index in [2.05, 4.69) is 22.8 Å². The Balaban J connectivity index is 1.32. The van der Waals surface area contributed by atoms with Crippen LogP contribution in [-0.2, 0) is 24.2 Å². The maximum absolute atomic E-state index is 12.8. The molecule has 170 valence electrons. The normalized spacial score (nSPS) is 17.5. The Hall–Kier alpha value is -2.80. The third-order valence-electron chi connectivity index (χ3n) is 6.20. The van der Waals surface area contributed by atoms with Crippen LogP contribution in [-0.4, -0.2) is 46.6 Å². The number of rotatable bonds is 6. The van der Waals surface area contributed by atoms with Crippen LogP contribution in [0, 0.1) is 0 Å². The zero-order valence-electron chi connectivity index (χ0n) is 18.1. The topological polar surface area (TPSA) is 94.6 Å². The van der Waals surface area contributed by atoms with Crippen molar-refractivity contribution in [3.05, 3.63) is 57.7 Å². The number of nitrogens with one attached hydrogen (secondary N) is 2. The van der Waals surface area contributed by atoms with Crippen molar-refractivity contribution in [2.75, 3.05) is 25.0 Å². The Morgan fingerprint density at radius 1 is 1.25 bits per heavy atom. The molecule has 1 atom stereocenters. The lowest BCUT2D eigenvalue weighted by Crippen LogP contribution is -2.40.